The molecule has 1 nitrogen and oxygen atoms in total. The predicted octanol–water partition coefficient (Wildman–Crippen LogP) is 5.57. The molecule has 0 unspecified atom stereocenters. The summed E-state index contributed by atoms with van der Waals surface area (Å²) in [5, 5.41) is 3.38. The Hall–Kier alpha value is -0.290. The van der Waals surface area contributed by atoms with Gasteiger partial charge in [-0.25, -0.2) is 4.39 Å². The van der Waals surface area contributed by atoms with Gasteiger partial charge >= 0.3 is 0 Å². The highest BCUT2D eigenvalue weighted by Gasteiger charge is 2.06. The van der Waals surface area contributed by atoms with Gasteiger partial charge in [-0.1, -0.05) is 23.2 Å². The Morgan fingerprint density at radius 3 is 2.65 bits per heavy atom. The van der Waals surface area contributed by atoms with Crippen LogP contribution in [0.3, 0.4) is 0 Å². The van der Waals surface area contributed by atoms with Crippen molar-refractivity contribution in [1.29, 1.82) is 0 Å². The number of hydrogen-bond acceptors (Lipinski definition) is 2. The average Bonchev–Trinajstić information content (AvgIpc) is 2.57. The standard InChI is InChI=1S/C11H7BrCl2FNS/c12-8-4-7(17-11(8)14)5-16-10-2-1-6(13)3-9(10)15/h1-4,16H,5H2. The van der Waals surface area contributed by atoms with Crippen LogP contribution in [-0.2, 0) is 6.54 Å². The van der Waals surface area contributed by atoms with Gasteiger partial charge in [-0.3, -0.25) is 0 Å². The number of benzene rings is 1. The molecule has 2 rings (SSSR count). The number of hydrogen-bond donors (Lipinski definition) is 1. The summed E-state index contributed by atoms with van der Waals surface area (Å²) in [7, 11) is 0. The van der Waals surface area contributed by atoms with Gasteiger partial charge in [0.15, 0.2) is 0 Å². The second-order valence-electron chi connectivity index (χ2n) is 3.31. The summed E-state index contributed by atoms with van der Waals surface area (Å²) in [4.78, 5) is 1.02. The number of thiophene rings is 1. The van der Waals surface area contributed by atoms with E-state index in [0.29, 0.717) is 21.6 Å². The monoisotopic (exact) mass is 353 g/mol. The van der Waals surface area contributed by atoms with Crippen LogP contribution in [0.1, 0.15) is 4.88 Å². The van der Waals surface area contributed by atoms with Gasteiger partial charge in [-0.05, 0) is 40.2 Å². The zero-order valence-corrected chi connectivity index (χ0v) is 12.4. The van der Waals surface area contributed by atoms with Gasteiger partial charge in [0.25, 0.3) is 0 Å². The fraction of sp³-hybridized carbons (Fsp3) is 0.0909. The van der Waals surface area contributed by atoms with Crippen molar-refractivity contribution in [1.82, 2.24) is 0 Å². The molecule has 0 radical (unpaired) electrons. The van der Waals surface area contributed by atoms with Gasteiger partial charge in [0, 0.05) is 20.9 Å². The molecule has 2 aromatic rings. The highest BCUT2D eigenvalue weighted by molar-refractivity contribution is 9.10. The average molecular weight is 355 g/mol. The van der Waals surface area contributed by atoms with E-state index < -0.39 is 0 Å². The molecule has 1 N–H and O–H groups in total. The summed E-state index contributed by atoms with van der Waals surface area (Å²) in [6.07, 6.45) is 0. The second-order valence-corrected chi connectivity index (χ2v) is 6.34. The summed E-state index contributed by atoms with van der Waals surface area (Å²) in [6.45, 7) is 0.522. The van der Waals surface area contributed by atoms with E-state index in [1.54, 1.807) is 12.1 Å². The van der Waals surface area contributed by atoms with Gasteiger partial charge < -0.3 is 5.32 Å². The molecule has 1 aromatic carbocycles. The number of rotatable bonds is 3. The molecule has 0 aliphatic rings. The van der Waals surface area contributed by atoms with Crippen molar-refractivity contribution in [3.05, 3.63) is 48.8 Å². The van der Waals surface area contributed by atoms with E-state index in [9.17, 15) is 4.39 Å². The molecule has 17 heavy (non-hydrogen) atoms. The molecule has 1 aromatic heterocycles. The lowest BCUT2D eigenvalue weighted by molar-refractivity contribution is 0.630. The Bertz CT molecular complexity index is 525. The summed E-state index contributed by atoms with van der Waals surface area (Å²) in [5.41, 5.74) is 0.426. The van der Waals surface area contributed by atoms with Crippen molar-refractivity contribution >= 4 is 56.2 Å². The fourth-order valence-electron chi connectivity index (χ4n) is 1.29. The highest BCUT2D eigenvalue weighted by atomic mass is 79.9. The lowest BCUT2D eigenvalue weighted by Gasteiger charge is -2.06. The van der Waals surface area contributed by atoms with E-state index in [4.69, 9.17) is 23.2 Å². The molecule has 0 aliphatic carbocycles. The first-order chi connectivity index (χ1) is 8.06. The van der Waals surface area contributed by atoms with Crippen LogP contribution in [0, 0.1) is 5.82 Å². The number of anilines is 1. The Morgan fingerprint density at radius 1 is 1.29 bits per heavy atom. The maximum absolute atomic E-state index is 13.5. The van der Waals surface area contributed by atoms with Crippen LogP contribution in [0.4, 0.5) is 10.1 Å². The van der Waals surface area contributed by atoms with Gasteiger partial charge in [0.1, 0.15) is 10.2 Å². The number of nitrogens with one attached hydrogen (secondary N) is 1. The topological polar surface area (TPSA) is 12.0 Å². The molecule has 0 saturated carbocycles. The third-order valence-electron chi connectivity index (χ3n) is 2.08. The number of halogens is 4. The summed E-state index contributed by atoms with van der Waals surface area (Å²) in [6, 6.07) is 6.45. The minimum Gasteiger partial charge on any atom is -0.378 e. The minimum absolute atomic E-state index is 0.362. The Morgan fingerprint density at radius 2 is 2.06 bits per heavy atom. The third kappa shape index (κ3) is 3.35. The van der Waals surface area contributed by atoms with Crippen molar-refractivity contribution in [3.63, 3.8) is 0 Å². The van der Waals surface area contributed by atoms with Gasteiger partial charge in [0.2, 0.25) is 0 Å². The van der Waals surface area contributed by atoms with E-state index in [1.165, 1.54) is 17.4 Å². The maximum atomic E-state index is 13.5. The first-order valence-corrected chi connectivity index (χ1v) is 7.05. The van der Waals surface area contributed by atoms with Crippen molar-refractivity contribution in [2.45, 2.75) is 6.54 Å². The molecule has 0 aliphatic heterocycles. The van der Waals surface area contributed by atoms with Crippen LogP contribution in [-0.4, -0.2) is 0 Å². The van der Waals surface area contributed by atoms with Crippen LogP contribution in [0.5, 0.6) is 0 Å². The molecule has 1 heterocycles. The van der Waals surface area contributed by atoms with E-state index in [-0.39, 0.29) is 5.82 Å². The molecule has 0 bridgehead atoms. The maximum Gasteiger partial charge on any atom is 0.147 e. The minimum atomic E-state index is -0.362. The lowest BCUT2D eigenvalue weighted by Crippen LogP contribution is -1.99. The molecule has 0 spiro atoms. The van der Waals surface area contributed by atoms with E-state index in [1.807, 2.05) is 6.07 Å². The Balaban J connectivity index is 2.07. The molecule has 0 saturated heterocycles. The molecular formula is C11H7BrCl2FNS. The molecule has 0 amide bonds. The van der Waals surface area contributed by atoms with Crippen LogP contribution in [0.25, 0.3) is 0 Å². The third-order valence-corrected chi connectivity index (χ3v) is 4.79. The summed E-state index contributed by atoms with van der Waals surface area (Å²) < 4.78 is 15.0. The fourth-order valence-corrected chi connectivity index (χ4v) is 3.18. The molecular weight excluding hydrogens is 348 g/mol. The molecule has 90 valence electrons. The molecule has 0 fully saturated rings. The normalized spacial score (nSPS) is 10.6. The van der Waals surface area contributed by atoms with Gasteiger partial charge in [0.05, 0.1) is 5.69 Å². The predicted molar refractivity (Wildman–Crippen MR) is 75.8 cm³/mol. The van der Waals surface area contributed by atoms with E-state index >= 15 is 0 Å². The Labute approximate surface area is 121 Å². The SMILES string of the molecule is Fc1cc(Cl)ccc1NCc1cc(Br)c(Cl)s1. The van der Waals surface area contributed by atoms with Crippen LogP contribution >= 0.6 is 50.5 Å². The van der Waals surface area contributed by atoms with Crippen molar-refractivity contribution in [2.24, 2.45) is 0 Å². The van der Waals surface area contributed by atoms with E-state index in [2.05, 4.69) is 21.2 Å². The lowest BCUT2D eigenvalue weighted by atomic mass is 10.3. The van der Waals surface area contributed by atoms with E-state index in [0.717, 1.165) is 9.35 Å². The van der Waals surface area contributed by atoms with Crippen LogP contribution < -0.4 is 5.32 Å². The molecule has 0 atom stereocenters. The first-order valence-electron chi connectivity index (χ1n) is 4.69. The summed E-state index contributed by atoms with van der Waals surface area (Å²) >= 11 is 16.4. The van der Waals surface area contributed by atoms with Gasteiger partial charge in [-0.2, -0.15) is 0 Å². The largest absolute Gasteiger partial charge is 0.378 e. The van der Waals surface area contributed by atoms with Crippen LogP contribution in [0.2, 0.25) is 9.36 Å². The smallest absolute Gasteiger partial charge is 0.147 e. The second kappa shape index (κ2) is 5.57. The Kier molecular flexibility index (Phi) is 4.31. The zero-order chi connectivity index (χ0) is 12.4. The summed E-state index contributed by atoms with van der Waals surface area (Å²) in [5.74, 6) is -0.362. The first kappa shape index (κ1) is 13.1. The highest BCUT2D eigenvalue weighted by Crippen LogP contribution is 2.32. The zero-order valence-electron chi connectivity index (χ0n) is 8.44. The van der Waals surface area contributed by atoms with Crippen molar-refractivity contribution < 1.29 is 4.39 Å². The van der Waals surface area contributed by atoms with Crippen molar-refractivity contribution in [2.75, 3.05) is 5.32 Å². The quantitative estimate of drug-likeness (QED) is 0.759. The van der Waals surface area contributed by atoms with Gasteiger partial charge in [-0.15, -0.1) is 11.3 Å². The van der Waals surface area contributed by atoms with Crippen LogP contribution in [0.15, 0.2) is 28.7 Å². The van der Waals surface area contributed by atoms with Crippen molar-refractivity contribution in [3.8, 4) is 0 Å². The molecule has 6 heteroatoms.